The Morgan fingerprint density at radius 2 is 1.87 bits per heavy atom. The Morgan fingerprint density at radius 3 is 2.52 bits per heavy atom. The standard InChI is InChI=1S/C17H16Cl2FNO2/c18-12-3-1-11(2-4-12)17(16-10-21-7-8-22-16)23-15-6-5-13(19)9-14(15)20/h1-6,9,16-17,21H,7-8,10H2/t16?,17-/m0/s1. The second-order valence-electron chi connectivity index (χ2n) is 5.28. The van der Waals surface area contributed by atoms with Crippen LogP contribution in [0.15, 0.2) is 42.5 Å². The summed E-state index contributed by atoms with van der Waals surface area (Å²) in [6, 6.07) is 11.6. The van der Waals surface area contributed by atoms with Crippen molar-refractivity contribution in [3.63, 3.8) is 0 Å². The molecular weight excluding hydrogens is 340 g/mol. The number of morpholine rings is 1. The molecule has 0 amide bonds. The second kappa shape index (κ2) is 7.49. The van der Waals surface area contributed by atoms with Gasteiger partial charge >= 0.3 is 0 Å². The van der Waals surface area contributed by atoms with Gasteiger partial charge in [-0.25, -0.2) is 4.39 Å². The summed E-state index contributed by atoms with van der Waals surface area (Å²) < 4.78 is 25.8. The molecule has 0 aliphatic carbocycles. The van der Waals surface area contributed by atoms with E-state index in [9.17, 15) is 4.39 Å². The fourth-order valence-electron chi connectivity index (χ4n) is 2.50. The normalized spacial score (nSPS) is 19.3. The van der Waals surface area contributed by atoms with Crippen LogP contribution < -0.4 is 10.1 Å². The quantitative estimate of drug-likeness (QED) is 0.889. The van der Waals surface area contributed by atoms with Crippen LogP contribution in [0.2, 0.25) is 10.0 Å². The van der Waals surface area contributed by atoms with E-state index in [0.29, 0.717) is 23.2 Å². The molecule has 0 saturated carbocycles. The topological polar surface area (TPSA) is 30.5 Å². The molecule has 0 radical (unpaired) electrons. The van der Waals surface area contributed by atoms with Crippen molar-refractivity contribution in [1.29, 1.82) is 0 Å². The number of nitrogens with one attached hydrogen (secondary N) is 1. The molecule has 2 aromatic rings. The maximum Gasteiger partial charge on any atom is 0.166 e. The van der Waals surface area contributed by atoms with Gasteiger partial charge in [-0.15, -0.1) is 0 Å². The van der Waals surface area contributed by atoms with Gasteiger partial charge in [-0.1, -0.05) is 35.3 Å². The van der Waals surface area contributed by atoms with Gasteiger partial charge in [0.15, 0.2) is 17.7 Å². The molecule has 6 heteroatoms. The van der Waals surface area contributed by atoms with Gasteiger partial charge in [0.05, 0.1) is 6.61 Å². The second-order valence-corrected chi connectivity index (χ2v) is 6.15. The van der Waals surface area contributed by atoms with Crippen LogP contribution in [0.3, 0.4) is 0 Å². The van der Waals surface area contributed by atoms with E-state index in [0.717, 1.165) is 12.1 Å². The molecule has 3 nitrogen and oxygen atoms in total. The van der Waals surface area contributed by atoms with E-state index >= 15 is 0 Å². The van der Waals surface area contributed by atoms with Gasteiger partial charge in [0.1, 0.15) is 6.10 Å². The number of ether oxygens (including phenoxy) is 2. The summed E-state index contributed by atoms with van der Waals surface area (Å²) in [5, 5.41) is 4.22. The predicted octanol–water partition coefficient (Wildman–Crippen LogP) is 4.24. The highest BCUT2D eigenvalue weighted by molar-refractivity contribution is 6.30. The summed E-state index contributed by atoms with van der Waals surface area (Å²) in [7, 11) is 0. The average Bonchev–Trinajstić information content (AvgIpc) is 2.56. The maximum absolute atomic E-state index is 14.1. The summed E-state index contributed by atoms with van der Waals surface area (Å²) >= 11 is 11.7. The van der Waals surface area contributed by atoms with Crippen LogP contribution in [0.1, 0.15) is 11.7 Å². The van der Waals surface area contributed by atoms with E-state index in [2.05, 4.69) is 5.32 Å². The summed E-state index contributed by atoms with van der Waals surface area (Å²) in [5.41, 5.74) is 0.873. The molecule has 2 atom stereocenters. The van der Waals surface area contributed by atoms with Crippen LogP contribution in [0.4, 0.5) is 4.39 Å². The van der Waals surface area contributed by atoms with Crippen molar-refractivity contribution < 1.29 is 13.9 Å². The molecular formula is C17H16Cl2FNO2. The summed E-state index contributed by atoms with van der Waals surface area (Å²) in [4.78, 5) is 0. The fourth-order valence-corrected chi connectivity index (χ4v) is 2.78. The lowest BCUT2D eigenvalue weighted by Gasteiger charge is -2.31. The average molecular weight is 356 g/mol. The molecule has 3 rings (SSSR count). The lowest BCUT2D eigenvalue weighted by atomic mass is 10.0. The van der Waals surface area contributed by atoms with Gasteiger partial charge in [0, 0.05) is 23.1 Å². The first-order valence-electron chi connectivity index (χ1n) is 7.33. The molecule has 1 saturated heterocycles. The van der Waals surface area contributed by atoms with E-state index in [1.54, 1.807) is 18.2 Å². The molecule has 0 bridgehead atoms. The molecule has 1 heterocycles. The highest BCUT2D eigenvalue weighted by Crippen LogP contribution is 2.30. The van der Waals surface area contributed by atoms with Crippen LogP contribution >= 0.6 is 23.2 Å². The number of halogens is 3. The molecule has 0 spiro atoms. The van der Waals surface area contributed by atoms with Crippen LogP contribution in [-0.2, 0) is 4.74 Å². The molecule has 1 N–H and O–H groups in total. The molecule has 1 aliphatic rings. The van der Waals surface area contributed by atoms with Gasteiger partial charge in [0.25, 0.3) is 0 Å². The number of benzene rings is 2. The number of hydrogen-bond donors (Lipinski definition) is 1. The molecule has 1 aliphatic heterocycles. The van der Waals surface area contributed by atoms with Crippen molar-refractivity contribution in [3.8, 4) is 5.75 Å². The lowest BCUT2D eigenvalue weighted by Crippen LogP contribution is -2.43. The van der Waals surface area contributed by atoms with Crippen molar-refractivity contribution in [2.24, 2.45) is 0 Å². The highest BCUT2D eigenvalue weighted by atomic mass is 35.5. The Bertz CT molecular complexity index is 660. The van der Waals surface area contributed by atoms with Crippen LogP contribution in [0.25, 0.3) is 0 Å². The third-order valence-corrected chi connectivity index (χ3v) is 4.13. The molecule has 1 fully saturated rings. The zero-order chi connectivity index (χ0) is 16.2. The lowest BCUT2D eigenvalue weighted by molar-refractivity contribution is -0.0442. The first-order chi connectivity index (χ1) is 11.1. The zero-order valence-corrected chi connectivity index (χ0v) is 13.8. The molecule has 23 heavy (non-hydrogen) atoms. The minimum Gasteiger partial charge on any atom is -0.480 e. The predicted molar refractivity (Wildman–Crippen MR) is 88.8 cm³/mol. The van der Waals surface area contributed by atoms with Crippen molar-refractivity contribution in [2.45, 2.75) is 12.2 Å². The van der Waals surface area contributed by atoms with Gasteiger partial charge in [0.2, 0.25) is 0 Å². The van der Waals surface area contributed by atoms with E-state index < -0.39 is 11.9 Å². The largest absolute Gasteiger partial charge is 0.480 e. The Labute approximate surface area is 144 Å². The van der Waals surface area contributed by atoms with E-state index in [1.807, 2.05) is 12.1 Å². The Kier molecular flexibility index (Phi) is 5.38. The summed E-state index contributed by atoms with van der Waals surface area (Å²) in [6.07, 6.45) is -0.671. The van der Waals surface area contributed by atoms with E-state index in [-0.39, 0.29) is 11.9 Å². The molecule has 2 aromatic carbocycles. The monoisotopic (exact) mass is 355 g/mol. The summed E-state index contributed by atoms with van der Waals surface area (Å²) in [5.74, 6) is -0.358. The van der Waals surface area contributed by atoms with Crippen molar-refractivity contribution in [3.05, 3.63) is 63.9 Å². The molecule has 0 aromatic heterocycles. The fraction of sp³-hybridized carbons (Fsp3) is 0.294. The van der Waals surface area contributed by atoms with E-state index in [4.69, 9.17) is 32.7 Å². The third-order valence-electron chi connectivity index (χ3n) is 3.64. The van der Waals surface area contributed by atoms with Gasteiger partial charge in [-0.2, -0.15) is 0 Å². The van der Waals surface area contributed by atoms with E-state index in [1.165, 1.54) is 12.1 Å². The molecule has 1 unspecified atom stereocenters. The summed E-state index contributed by atoms with van der Waals surface area (Å²) in [6.45, 7) is 2.00. The highest BCUT2D eigenvalue weighted by Gasteiger charge is 2.28. The smallest absolute Gasteiger partial charge is 0.166 e. The van der Waals surface area contributed by atoms with Crippen LogP contribution in [-0.4, -0.2) is 25.8 Å². The first kappa shape index (κ1) is 16.5. The minimum absolute atomic E-state index is 0.142. The number of hydrogen-bond acceptors (Lipinski definition) is 3. The van der Waals surface area contributed by atoms with Crippen molar-refractivity contribution in [2.75, 3.05) is 19.7 Å². The van der Waals surface area contributed by atoms with Crippen LogP contribution in [0.5, 0.6) is 5.75 Å². The Morgan fingerprint density at radius 1 is 1.13 bits per heavy atom. The van der Waals surface area contributed by atoms with Gasteiger partial charge < -0.3 is 14.8 Å². The van der Waals surface area contributed by atoms with Gasteiger partial charge in [-0.05, 0) is 35.9 Å². The van der Waals surface area contributed by atoms with Crippen molar-refractivity contribution in [1.82, 2.24) is 5.32 Å². The third kappa shape index (κ3) is 4.15. The Hall–Kier alpha value is -1.33. The SMILES string of the molecule is Fc1cc(Cl)ccc1O[C@@H](c1ccc(Cl)cc1)C1CNCCO1. The van der Waals surface area contributed by atoms with Crippen LogP contribution in [0, 0.1) is 5.82 Å². The minimum atomic E-state index is -0.500. The zero-order valence-electron chi connectivity index (χ0n) is 12.3. The Balaban J connectivity index is 1.89. The van der Waals surface area contributed by atoms with Crippen molar-refractivity contribution >= 4 is 23.2 Å². The number of rotatable bonds is 4. The maximum atomic E-state index is 14.1. The van der Waals surface area contributed by atoms with Gasteiger partial charge in [-0.3, -0.25) is 0 Å². The first-order valence-corrected chi connectivity index (χ1v) is 8.08. The molecule has 122 valence electrons.